The van der Waals surface area contributed by atoms with Crippen LogP contribution in [0.5, 0.6) is 0 Å². The molecule has 0 N–H and O–H groups in total. The average Bonchev–Trinajstić information content (AvgIpc) is 2.52. The van der Waals surface area contributed by atoms with Crippen LogP contribution in [0.15, 0.2) is 36.4 Å². The van der Waals surface area contributed by atoms with Gasteiger partial charge in [0.15, 0.2) is 0 Å². The fourth-order valence-corrected chi connectivity index (χ4v) is 2.28. The van der Waals surface area contributed by atoms with Crippen molar-refractivity contribution in [2.75, 3.05) is 6.61 Å². The van der Waals surface area contributed by atoms with E-state index in [0.717, 1.165) is 5.56 Å². The Balaban J connectivity index is 2.10. The lowest BCUT2D eigenvalue weighted by Crippen LogP contribution is -2.41. The average molecular weight is 349 g/mol. The minimum Gasteiger partial charge on any atom is -0.463 e. The first-order valence-corrected chi connectivity index (χ1v) is 7.73. The maximum absolute atomic E-state index is 11.2. The van der Waals surface area contributed by atoms with Crippen molar-refractivity contribution in [2.45, 2.75) is 32.2 Å². The zero-order chi connectivity index (χ0) is 17.5. The van der Waals surface area contributed by atoms with E-state index in [1.165, 1.54) is 13.8 Å². The van der Waals surface area contributed by atoms with E-state index < -0.39 is 30.3 Å². The molecule has 126 valence electrons. The van der Waals surface area contributed by atoms with Crippen molar-refractivity contribution < 1.29 is 23.8 Å². The molecule has 2 rings (SSSR count). The molecule has 0 aliphatic carbocycles. The number of hydrogen-bond acceptors (Lipinski definition) is 5. The van der Waals surface area contributed by atoms with E-state index in [2.05, 4.69) is 11.8 Å². The first-order valence-electron chi connectivity index (χ1n) is 7.35. The molecule has 0 saturated heterocycles. The molecule has 0 fully saturated rings. The smallest absolute Gasteiger partial charge is 0.303 e. The number of benzene rings is 1. The summed E-state index contributed by atoms with van der Waals surface area (Å²) in [5, 5.41) is 0.601. The number of esters is 2. The van der Waals surface area contributed by atoms with E-state index in [4.69, 9.17) is 25.8 Å². The summed E-state index contributed by atoms with van der Waals surface area (Å²) in [6.45, 7) is 2.59. The van der Waals surface area contributed by atoms with Crippen LogP contribution in [0.25, 0.3) is 0 Å². The Morgan fingerprint density at radius 1 is 1.25 bits per heavy atom. The van der Waals surface area contributed by atoms with Crippen molar-refractivity contribution in [1.29, 1.82) is 0 Å². The Labute approximate surface area is 145 Å². The van der Waals surface area contributed by atoms with Gasteiger partial charge in [-0.2, -0.15) is 0 Å². The predicted octanol–water partition coefficient (Wildman–Crippen LogP) is 2.51. The van der Waals surface area contributed by atoms with E-state index in [-0.39, 0.29) is 6.61 Å². The van der Waals surface area contributed by atoms with Crippen molar-refractivity contribution in [1.82, 2.24) is 0 Å². The van der Waals surface area contributed by atoms with Crippen molar-refractivity contribution in [3.8, 4) is 11.8 Å². The van der Waals surface area contributed by atoms with Gasteiger partial charge in [0.1, 0.15) is 24.9 Å². The molecule has 6 heteroatoms. The molecular formula is C18H17ClO5. The van der Waals surface area contributed by atoms with E-state index in [1.54, 1.807) is 24.3 Å². The molecule has 1 aromatic rings. The van der Waals surface area contributed by atoms with Crippen molar-refractivity contribution in [2.24, 2.45) is 0 Å². The number of carbonyl (C=O) groups excluding carboxylic acids is 2. The van der Waals surface area contributed by atoms with Crippen molar-refractivity contribution >= 4 is 23.5 Å². The highest BCUT2D eigenvalue weighted by molar-refractivity contribution is 6.30. The molecule has 0 unspecified atom stereocenters. The lowest BCUT2D eigenvalue weighted by Gasteiger charge is -2.29. The third-order valence-electron chi connectivity index (χ3n) is 3.10. The minimum absolute atomic E-state index is 0.0209. The maximum Gasteiger partial charge on any atom is 0.303 e. The monoisotopic (exact) mass is 348 g/mol. The Morgan fingerprint density at radius 3 is 2.71 bits per heavy atom. The van der Waals surface area contributed by atoms with Crippen LogP contribution in [0.3, 0.4) is 0 Å². The summed E-state index contributed by atoms with van der Waals surface area (Å²) in [4.78, 5) is 22.2. The lowest BCUT2D eigenvalue weighted by molar-refractivity contribution is -0.161. The van der Waals surface area contributed by atoms with Crippen molar-refractivity contribution in [3.63, 3.8) is 0 Å². The van der Waals surface area contributed by atoms with E-state index in [1.807, 2.05) is 12.1 Å². The second-order valence-corrected chi connectivity index (χ2v) is 5.57. The highest BCUT2D eigenvalue weighted by Gasteiger charge is 2.29. The quantitative estimate of drug-likeness (QED) is 0.477. The van der Waals surface area contributed by atoms with Crippen LogP contribution in [-0.2, 0) is 23.8 Å². The Bertz CT molecular complexity index is 701. The molecule has 3 atom stereocenters. The van der Waals surface area contributed by atoms with E-state index in [0.29, 0.717) is 5.02 Å². The standard InChI is InChI=1S/C18H17ClO5/c1-12(20)22-11-18-17(23-13(2)21)9-8-16(24-18)7-6-14-4-3-5-15(19)10-14/h3-5,8-10,16-18H,11H2,1-2H3/t16-,17+,18-/m1/s1. The Hall–Kier alpha value is -2.29. The van der Waals surface area contributed by atoms with Crippen LogP contribution < -0.4 is 0 Å². The largest absolute Gasteiger partial charge is 0.463 e. The van der Waals surface area contributed by atoms with Crippen LogP contribution in [0.1, 0.15) is 19.4 Å². The van der Waals surface area contributed by atoms with Gasteiger partial charge < -0.3 is 14.2 Å². The SMILES string of the molecule is CC(=O)OC[C@H]1O[C@H](C#Cc2cccc(Cl)c2)C=C[C@@H]1OC(C)=O. The third kappa shape index (κ3) is 5.73. The molecule has 0 aromatic heterocycles. The zero-order valence-electron chi connectivity index (χ0n) is 13.3. The third-order valence-corrected chi connectivity index (χ3v) is 3.33. The summed E-state index contributed by atoms with van der Waals surface area (Å²) in [5.41, 5.74) is 0.762. The second-order valence-electron chi connectivity index (χ2n) is 5.14. The number of ether oxygens (including phenoxy) is 3. The van der Waals surface area contributed by atoms with Crippen LogP contribution in [-0.4, -0.2) is 36.9 Å². The van der Waals surface area contributed by atoms with Gasteiger partial charge in [-0.25, -0.2) is 0 Å². The van der Waals surface area contributed by atoms with Crippen LogP contribution in [0.4, 0.5) is 0 Å². The highest BCUT2D eigenvalue weighted by atomic mass is 35.5. The van der Waals surface area contributed by atoms with Crippen LogP contribution in [0, 0.1) is 11.8 Å². The molecule has 0 radical (unpaired) electrons. The van der Waals surface area contributed by atoms with E-state index in [9.17, 15) is 9.59 Å². The fraction of sp³-hybridized carbons (Fsp3) is 0.333. The second kappa shape index (κ2) is 8.53. The van der Waals surface area contributed by atoms with Crippen LogP contribution in [0.2, 0.25) is 5.02 Å². The van der Waals surface area contributed by atoms with Gasteiger partial charge in [-0.3, -0.25) is 9.59 Å². The van der Waals surface area contributed by atoms with Gasteiger partial charge >= 0.3 is 11.9 Å². The topological polar surface area (TPSA) is 61.8 Å². The molecular weight excluding hydrogens is 332 g/mol. The first kappa shape index (κ1) is 18.1. The van der Waals surface area contributed by atoms with Gasteiger partial charge in [-0.15, -0.1) is 0 Å². The van der Waals surface area contributed by atoms with Crippen LogP contribution >= 0.6 is 11.6 Å². The number of rotatable bonds is 3. The number of carbonyl (C=O) groups is 2. The number of halogens is 1. The number of hydrogen-bond donors (Lipinski definition) is 0. The maximum atomic E-state index is 11.2. The summed E-state index contributed by atoms with van der Waals surface area (Å²) < 4.78 is 15.9. The highest BCUT2D eigenvalue weighted by Crippen LogP contribution is 2.17. The lowest BCUT2D eigenvalue weighted by atomic mass is 10.1. The fourth-order valence-electron chi connectivity index (χ4n) is 2.09. The molecule has 0 amide bonds. The summed E-state index contributed by atoms with van der Waals surface area (Å²) in [7, 11) is 0. The van der Waals surface area contributed by atoms with Gasteiger partial charge in [0.25, 0.3) is 0 Å². The Kier molecular flexibility index (Phi) is 6.42. The molecule has 1 aliphatic rings. The predicted molar refractivity (Wildman–Crippen MR) is 88.3 cm³/mol. The minimum atomic E-state index is -0.619. The van der Waals surface area contributed by atoms with Gasteiger partial charge in [0.2, 0.25) is 0 Å². The molecule has 0 spiro atoms. The molecule has 1 aliphatic heterocycles. The summed E-state index contributed by atoms with van der Waals surface area (Å²) in [6, 6.07) is 7.16. The molecule has 24 heavy (non-hydrogen) atoms. The summed E-state index contributed by atoms with van der Waals surface area (Å²) in [6.07, 6.45) is 1.66. The normalized spacial score (nSPS) is 22.2. The molecule has 5 nitrogen and oxygen atoms in total. The molecule has 1 heterocycles. The van der Waals surface area contributed by atoms with E-state index >= 15 is 0 Å². The summed E-state index contributed by atoms with van der Waals surface area (Å²) in [5.74, 6) is 5.05. The van der Waals surface area contributed by atoms with Gasteiger partial charge in [-0.05, 0) is 30.4 Å². The Morgan fingerprint density at radius 2 is 2.04 bits per heavy atom. The first-order chi connectivity index (χ1) is 11.4. The molecule has 0 saturated carbocycles. The van der Waals surface area contributed by atoms with Gasteiger partial charge in [-0.1, -0.05) is 29.5 Å². The summed E-state index contributed by atoms with van der Waals surface area (Å²) >= 11 is 5.92. The molecule has 1 aromatic carbocycles. The van der Waals surface area contributed by atoms with Gasteiger partial charge in [0, 0.05) is 24.4 Å². The molecule has 0 bridgehead atoms. The zero-order valence-corrected chi connectivity index (χ0v) is 14.1. The van der Waals surface area contributed by atoms with Crippen molar-refractivity contribution in [3.05, 3.63) is 47.0 Å². The van der Waals surface area contributed by atoms with Gasteiger partial charge in [0.05, 0.1) is 0 Å².